The van der Waals surface area contributed by atoms with Crippen LogP contribution in [0.3, 0.4) is 0 Å². The minimum atomic E-state index is -4.25. The van der Waals surface area contributed by atoms with Crippen LogP contribution in [-0.2, 0) is 20.0 Å². The summed E-state index contributed by atoms with van der Waals surface area (Å²) in [5.41, 5.74) is 0. The molecule has 8 heteroatoms. The summed E-state index contributed by atoms with van der Waals surface area (Å²) in [6.45, 7) is 1.82. The van der Waals surface area contributed by atoms with E-state index >= 15 is 0 Å². The summed E-state index contributed by atoms with van der Waals surface area (Å²) in [4.78, 5) is 0. The van der Waals surface area contributed by atoms with Crippen molar-refractivity contribution in [2.75, 3.05) is 19.1 Å². The highest BCUT2D eigenvalue weighted by atomic mass is 32.3. The molecule has 0 amide bonds. The Bertz CT molecular complexity index is 556. The van der Waals surface area contributed by atoms with E-state index in [1.54, 1.807) is 0 Å². The number of rotatable bonds is 19. The van der Waals surface area contributed by atoms with Crippen molar-refractivity contribution in [3.8, 4) is 0 Å². The molecule has 0 aromatic heterocycles. The highest BCUT2D eigenvalue weighted by Gasteiger charge is 2.38. The van der Waals surface area contributed by atoms with E-state index in [0.717, 1.165) is 19.3 Å². The van der Waals surface area contributed by atoms with Crippen LogP contribution in [0.4, 0.5) is 0 Å². The van der Waals surface area contributed by atoms with Gasteiger partial charge >= 0.3 is 20.0 Å². The van der Waals surface area contributed by atoms with Gasteiger partial charge in [-0.05, 0) is 12.8 Å². The van der Waals surface area contributed by atoms with Gasteiger partial charge in [0.2, 0.25) is 0 Å². The van der Waals surface area contributed by atoms with Crippen LogP contribution in [0.2, 0.25) is 0 Å². The van der Waals surface area contributed by atoms with Crippen molar-refractivity contribution < 1.29 is 20.3 Å². The van der Waals surface area contributed by atoms with Gasteiger partial charge in [-0.2, -0.15) is 16.8 Å². The molecular weight excluding hydrogens is 398 g/mol. The predicted octanol–water partition coefficient (Wildman–Crippen LogP) is 5.48. The topological polar surface area (TPSA) is 91.3 Å². The minimum Gasteiger partial charge on any atom is -0.601 e. The zero-order chi connectivity index (χ0) is 21.5. The molecule has 0 spiro atoms. The second-order valence-electron chi connectivity index (χ2n) is 8.10. The molecule has 0 bridgehead atoms. The standard InChI is InChI=1S/C20H43NO5S2/c1-4-5-6-7-8-9-10-11-12-13-14-15-16-17-18-19-20-21(22,27(2,23)24)28(3,25)26/h4-20H2,1-3H3. The van der Waals surface area contributed by atoms with Crippen LogP contribution < -0.4 is 0 Å². The van der Waals surface area contributed by atoms with Crippen LogP contribution in [0.5, 0.6) is 0 Å². The first-order valence-electron chi connectivity index (χ1n) is 11.1. The Labute approximate surface area is 174 Å². The summed E-state index contributed by atoms with van der Waals surface area (Å²) < 4.78 is 44.1. The van der Waals surface area contributed by atoms with Crippen molar-refractivity contribution in [3.05, 3.63) is 5.21 Å². The SMILES string of the molecule is CCCCCCCCCCCCCCCCCC[N+]([O-])(S(C)(=O)=O)S(C)(=O)=O. The third-order valence-corrected chi connectivity index (χ3v) is 9.31. The molecule has 0 rings (SSSR count). The van der Waals surface area contributed by atoms with Crippen molar-refractivity contribution in [1.29, 1.82) is 0 Å². The van der Waals surface area contributed by atoms with E-state index in [1.807, 2.05) is 0 Å². The highest BCUT2D eigenvalue weighted by molar-refractivity contribution is 7.97. The lowest BCUT2D eigenvalue weighted by Crippen LogP contribution is -2.51. The largest absolute Gasteiger partial charge is 0.601 e. The predicted molar refractivity (Wildman–Crippen MR) is 118 cm³/mol. The Morgan fingerprint density at radius 3 is 1.04 bits per heavy atom. The fourth-order valence-electron chi connectivity index (χ4n) is 3.43. The molecule has 0 aliphatic carbocycles. The van der Waals surface area contributed by atoms with Gasteiger partial charge in [-0.25, -0.2) is 0 Å². The summed E-state index contributed by atoms with van der Waals surface area (Å²) in [7, 11) is -8.50. The maximum Gasteiger partial charge on any atom is 0.308 e. The molecule has 0 fully saturated rings. The molecule has 0 unspecified atom stereocenters. The van der Waals surface area contributed by atoms with Crippen molar-refractivity contribution in [3.63, 3.8) is 0 Å². The third kappa shape index (κ3) is 11.7. The number of quaternary nitrogens is 1. The number of hydroxylamine groups is 1. The molecule has 0 aliphatic heterocycles. The molecule has 0 N–H and O–H groups in total. The molecule has 6 nitrogen and oxygen atoms in total. The molecule has 0 saturated heterocycles. The van der Waals surface area contributed by atoms with Crippen LogP contribution in [0, 0.1) is 5.21 Å². The van der Waals surface area contributed by atoms with Crippen molar-refractivity contribution in [1.82, 2.24) is 0 Å². The van der Waals surface area contributed by atoms with Gasteiger partial charge in [0, 0.05) is 0 Å². The Hall–Kier alpha value is -0.180. The van der Waals surface area contributed by atoms with Crippen LogP contribution in [0.1, 0.15) is 110 Å². The molecule has 0 radical (unpaired) electrons. The van der Waals surface area contributed by atoms with E-state index in [-0.39, 0.29) is 0 Å². The fraction of sp³-hybridized carbons (Fsp3) is 1.00. The minimum absolute atomic E-state index is 0.307. The van der Waals surface area contributed by atoms with E-state index in [0.29, 0.717) is 25.4 Å². The van der Waals surface area contributed by atoms with Gasteiger partial charge in [-0.3, -0.25) is 0 Å². The number of nitrogens with zero attached hydrogens (tertiary/aromatic N) is 1. The van der Waals surface area contributed by atoms with Gasteiger partial charge in [0.15, 0.2) is 0 Å². The van der Waals surface area contributed by atoms with E-state index in [1.165, 1.54) is 70.6 Å². The summed E-state index contributed by atoms with van der Waals surface area (Å²) >= 11 is 0. The third-order valence-electron chi connectivity index (χ3n) is 5.30. The molecule has 170 valence electrons. The Morgan fingerprint density at radius 1 is 0.536 bits per heavy atom. The van der Waals surface area contributed by atoms with Crippen molar-refractivity contribution in [2.45, 2.75) is 110 Å². The van der Waals surface area contributed by atoms with Crippen LogP contribution in [-0.4, -0.2) is 39.3 Å². The van der Waals surface area contributed by atoms with Gasteiger partial charge in [-0.15, -0.1) is 3.46 Å². The number of unbranched alkanes of at least 4 members (excludes halogenated alkanes) is 15. The van der Waals surface area contributed by atoms with Crippen LogP contribution >= 0.6 is 0 Å². The smallest absolute Gasteiger partial charge is 0.308 e. The van der Waals surface area contributed by atoms with Crippen LogP contribution in [0.25, 0.3) is 0 Å². The number of hydrogen-bond donors (Lipinski definition) is 0. The van der Waals surface area contributed by atoms with Crippen LogP contribution in [0.15, 0.2) is 0 Å². The number of hydrogen-bond acceptors (Lipinski definition) is 5. The quantitative estimate of drug-likeness (QED) is 0.150. The summed E-state index contributed by atoms with van der Waals surface area (Å²) in [6.07, 6.45) is 20.1. The average molecular weight is 442 g/mol. The zero-order valence-electron chi connectivity index (χ0n) is 18.3. The molecule has 28 heavy (non-hydrogen) atoms. The second-order valence-corrected chi connectivity index (χ2v) is 12.4. The van der Waals surface area contributed by atoms with Gasteiger partial charge in [0.1, 0.15) is 6.54 Å². The van der Waals surface area contributed by atoms with Gasteiger partial charge in [-0.1, -0.05) is 96.8 Å². The maximum absolute atomic E-state index is 12.3. The zero-order valence-corrected chi connectivity index (χ0v) is 20.0. The summed E-state index contributed by atoms with van der Waals surface area (Å²) in [5.74, 6) is 0. The summed E-state index contributed by atoms with van der Waals surface area (Å²) in [6, 6.07) is 0. The Kier molecular flexibility index (Phi) is 14.7. The number of sulfonamides is 2. The molecule has 0 saturated carbocycles. The first kappa shape index (κ1) is 27.8. The average Bonchev–Trinajstić information content (AvgIpc) is 2.59. The second kappa shape index (κ2) is 14.7. The molecule has 0 aromatic carbocycles. The lowest BCUT2D eigenvalue weighted by Gasteiger charge is -2.36. The molecular formula is C20H43NO5S2. The maximum atomic E-state index is 12.3. The first-order valence-corrected chi connectivity index (χ1v) is 14.8. The Balaban J connectivity index is 3.60. The Morgan fingerprint density at radius 2 is 0.786 bits per heavy atom. The van der Waals surface area contributed by atoms with Gasteiger partial charge < -0.3 is 5.21 Å². The molecule has 0 atom stereocenters. The van der Waals surface area contributed by atoms with E-state index in [4.69, 9.17) is 0 Å². The van der Waals surface area contributed by atoms with Crippen molar-refractivity contribution in [2.24, 2.45) is 0 Å². The first-order chi connectivity index (χ1) is 13.1. The highest BCUT2D eigenvalue weighted by Crippen LogP contribution is 2.21. The van der Waals surface area contributed by atoms with E-state index in [2.05, 4.69) is 6.92 Å². The van der Waals surface area contributed by atoms with Gasteiger partial charge in [0.25, 0.3) is 0 Å². The lowest BCUT2D eigenvalue weighted by molar-refractivity contribution is -0.611. The summed E-state index contributed by atoms with van der Waals surface area (Å²) in [5, 5.41) is 12.3. The van der Waals surface area contributed by atoms with Gasteiger partial charge in [0.05, 0.1) is 12.5 Å². The molecule has 0 aliphatic rings. The molecule has 0 aromatic rings. The lowest BCUT2D eigenvalue weighted by atomic mass is 10.0. The van der Waals surface area contributed by atoms with E-state index in [9.17, 15) is 22.0 Å². The van der Waals surface area contributed by atoms with Crippen molar-refractivity contribution >= 4 is 20.0 Å². The van der Waals surface area contributed by atoms with E-state index < -0.39 is 30.0 Å². The fourth-order valence-corrected chi connectivity index (χ4v) is 6.32. The molecule has 0 heterocycles. The normalized spacial score (nSPS) is 13.1. The monoisotopic (exact) mass is 441 g/mol.